The molecule has 1 heterocycles. The van der Waals surface area contributed by atoms with E-state index in [-0.39, 0.29) is 11.8 Å². The van der Waals surface area contributed by atoms with Crippen LogP contribution in [-0.2, 0) is 17.6 Å². The Labute approximate surface area is 169 Å². The Morgan fingerprint density at radius 2 is 2.14 bits per heavy atom. The molecule has 0 unspecified atom stereocenters. The molecule has 6 nitrogen and oxygen atoms in total. The maximum Gasteiger partial charge on any atom is 0.255 e. The first kappa shape index (κ1) is 20.3. The average molecular weight is 402 g/mol. The molecule has 2 aromatic rings. The van der Waals surface area contributed by atoms with Gasteiger partial charge in [0.25, 0.3) is 5.91 Å². The fourth-order valence-corrected chi connectivity index (χ4v) is 4.44. The fraction of sp³-hybridized carbons (Fsp3) is 0.476. The molecule has 28 heavy (non-hydrogen) atoms. The van der Waals surface area contributed by atoms with Crippen molar-refractivity contribution in [2.24, 2.45) is 5.92 Å². The van der Waals surface area contributed by atoms with Gasteiger partial charge in [-0.1, -0.05) is 19.1 Å². The predicted molar refractivity (Wildman–Crippen MR) is 111 cm³/mol. The topological polar surface area (TPSA) is 80.3 Å². The minimum atomic E-state index is -0.189. The first-order valence-corrected chi connectivity index (χ1v) is 10.7. The molecule has 0 spiro atoms. The summed E-state index contributed by atoms with van der Waals surface area (Å²) in [7, 11) is 0. The average Bonchev–Trinajstić information content (AvgIpc) is 3.07. The first-order valence-electron chi connectivity index (χ1n) is 9.85. The summed E-state index contributed by atoms with van der Waals surface area (Å²) in [6.45, 7) is 5.07. The van der Waals surface area contributed by atoms with Gasteiger partial charge in [0.2, 0.25) is 5.91 Å². The molecule has 0 bridgehead atoms. The summed E-state index contributed by atoms with van der Waals surface area (Å²) < 4.78 is 5.48. The van der Waals surface area contributed by atoms with Gasteiger partial charge in [-0.15, -0.1) is 11.3 Å². The van der Waals surface area contributed by atoms with E-state index < -0.39 is 0 Å². The molecule has 1 aromatic heterocycles. The minimum Gasteiger partial charge on any atom is -0.493 e. The molecule has 0 saturated carbocycles. The summed E-state index contributed by atoms with van der Waals surface area (Å²) in [5.74, 6) is 1.00. The quantitative estimate of drug-likeness (QED) is 0.659. The third-order valence-electron chi connectivity index (χ3n) is 4.73. The lowest BCUT2D eigenvalue weighted by Crippen LogP contribution is -2.26. The van der Waals surface area contributed by atoms with Crippen LogP contribution < -0.4 is 15.4 Å². The number of hydrogen-bond acceptors (Lipinski definition) is 5. The van der Waals surface area contributed by atoms with Crippen molar-refractivity contribution in [3.8, 4) is 5.75 Å². The highest BCUT2D eigenvalue weighted by Gasteiger charge is 2.20. The molecule has 0 aliphatic heterocycles. The molecule has 0 saturated heterocycles. The zero-order chi connectivity index (χ0) is 19.9. The number of amides is 2. The second kappa shape index (κ2) is 9.68. The Hall–Kier alpha value is -2.41. The van der Waals surface area contributed by atoms with Crippen molar-refractivity contribution < 1.29 is 14.3 Å². The predicted octanol–water partition coefficient (Wildman–Crippen LogP) is 3.82. The monoisotopic (exact) mass is 401 g/mol. The van der Waals surface area contributed by atoms with Gasteiger partial charge >= 0.3 is 0 Å². The SMILES string of the molecule is CCOc1ccccc1C(=O)NCCCC(=O)Nc1nc2c(s1)C[C@H](C)CC2. The van der Waals surface area contributed by atoms with Gasteiger partial charge in [-0.2, -0.15) is 0 Å². The van der Waals surface area contributed by atoms with Gasteiger partial charge in [0, 0.05) is 17.8 Å². The number of hydrogen-bond donors (Lipinski definition) is 2. The lowest BCUT2D eigenvalue weighted by atomic mass is 9.93. The van der Waals surface area contributed by atoms with Crippen LogP contribution in [0.1, 0.15) is 54.0 Å². The lowest BCUT2D eigenvalue weighted by Gasteiger charge is -2.15. The molecular formula is C21H27N3O3S. The van der Waals surface area contributed by atoms with Gasteiger partial charge in [-0.3, -0.25) is 9.59 Å². The number of anilines is 1. The van der Waals surface area contributed by atoms with Crippen LogP contribution >= 0.6 is 11.3 Å². The number of benzene rings is 1. The third-order valence-corrected chi connectivity index (χ3v) is 5.77. The number of aryl methyl sites for hydroxylation is 1. The van der Waals surface area contributed by atoms with Crippen LogP contribution in [0.15, 0.2) is 24.3 Å². The molecule has 1 aliphatic carbocycles. The Kier molecular flexibility index (Phi) is 7.03. The molecule has 3 rings (SSSR count). The van der Waals surface area contributed by atoms with Crippen molar-refractivity contribution in [2.45, 2.75) is 46.0 Å². The molecule has 1 aliphatic rings. The van der Waals surface area contributed by atoms with E-state index in [4.69, 9.17) is 4.74 Å². The highest BCUT2D eigenvalue weighted by molar-refractivity contribution is 7.15. The number of rotatable bonds is 8. The van der Waals surface area contributed by atoms with Crippen molar-refractivity contribution in [1.82, 2.24) is 10.3 Å². The van der Waals surface area contributed by atoms with Crippen LogP contribution in [-0.4, -0.2) is 29.9 Å². The fourth-order valence-electron chi connectivity index (χ4n) is 3.26. The number of nitrogens with zero attached hydrogens (tertiary/aromatic N) is 1. The maximum atomic E-state index is 12.3. The van der Waals surface area contributed by atoms with Gasteiger partial charge in [0.1, 0.15) is 5.75 Å². The molecule has 150 valence electrons. The lowest BCUT2D eigenvalue weighted by molar-refractivity contribution is -0.116. The highest BCUT2D eigenvalue weighted by Crippen LogP contribution is 2.32. The molecule has 7 heteroatoms. The Bertz CT molecular complexity index is 834. The van der Waals surface area contributed by atoms with Crippen LogP contribution in [0.3, 0.4) is 0 Å². The van der Waals surface area contributed by atoms with E-state index in [2.05, 4.69) is 22.5 Å². The van der Waals surface area contributed by atoms with E-state index in [9.17, 15) is 9.59 Å². The Morgan fingerprint density at radius 1 is 1.32 bits per heavy atom. The van der Waals surface area contributed by atoms with E-state index in [0.717, 1.165) is 25.0 Å². The van der Waals surface area contributed by atoms with Crippen LogP contribution in [0.4, 0.5) is 5.13 Å². The van der Waals surface area contributed by atoms with Crippen molar-refractivity contribution >= 4 is 28.3 Å². The van der Waals surface area contributed by atoms with Crippen LogP contribution in [0.5, 0.6) is 5.75 Å². The van der Waals surface area contributed by atoms with E-state index >= 15 is 0 Å². The van der Waals surface area contributed by atoms with Gasteiger partial charge in [-0.05, 0) is 50.7 Å². The number of ether oxygens (including phenoxy) is 1. The van der Waals surface area contributed by atoms with Gasteiger partial charge in [-0.25, -0.2) is 4.98 Å². The summed E-state index contributed by atoms with van der Waals surface area (Å²) in [5.41, 5.74) is 1.65. The summed E-state index contributed by atoms with van der Waals surface area (Å²) >= 11 is 1.59. The van der Waals surface area contributed by atoms with Crippen LogP contribution in [0.25, 0.3) is 0 Å². The smallest absolute Gasteiger partial charge is 0.255 e. The minimum absolute atomic E-state index is 0.0666. The molecule has 1 aromatic carbocycles. The van der Waals surface area contributed by atoms with Crippen molar-refractivity contribution in [3.05, 3.63) is 40.4 Å². The van der Waals surface area contributed by atoms with E-state index in [1.54, 1.807) is 29.5 Å². The number of fused-ring (bicyclic) bond motifs is 1. The number of carbonyl (C=O) groups excluding carboxylic acids is 2. The second-order valence-electron chi connectivity index (χ2n) is 7.07. The Balaban J connectivity index is 1.42. The number of aromatic nitrogens is 1. The zero-order valence-electron chi connectivity index (χ0n) is 16.4. The standard InChI is InChI=1S/C21H27N3O3S/c1-3-27-17-8-5-4-7-15(17)20(26)22-12-6-9-19(25)24-21-23-16-11-10-14(2)13-18(16)28-21/h4-5,7-8,14H,3,6,9-13H2,1-2H3,(H,22,26)(H,23,24,25)/t14-/m1/s1. The summed E-state index contributed by atoms with van der Waals surface area (Å²) in [6, 6.07) is 7.15. The molecule has 1 atom stereocenters. The first-order chi connectivity index (χ1) is 13.6. The number of thiazole rings is 1. The summed E-state index contributed by atoms with van der Waals surface area (Å²) in [4.78, 5) is 30.3. The summed E-state index contributed by atoms with van der Waals surface area (Å²) in [6.07, 6.45) is 4.12. The third kappa shape index (κ3) is 5.32. The van der Waals surface area contributed by atoms with Gasteiger partial charge in [0.15, 0.2) is 5.13 Å². The molecule has 2 N–H and O–H groups in total. The van der Waals surface area contributed by atoms with Gasteiger partial charge in [0.05, 0.1) is 17.9 Å². The largest absolute Gasteiger partial charge is 0.493 e. The van der Waals surface area contributed by atoms with Crippen LogP contribution in [0.2, 0.25) is 0 Å². The van der Waals surface area contributed by atoms with E-state index in [1.165, 1.54) is 4.88 Å². The van der Waals surface area contributed by atoms with Crippen LogP contribution in [0, 0.1) is 5.92 Å². The second-order valence-corrected chi connectivity index (χ2v) is 8.16. The number of para-hydroxylation sites is 1. The highest BCUT2D eigenvalue weighted by atomic mass is 32.1. The number of carbonyl (C=O) groups is 2. The zero-order valence-corrected chi connectivity index (χ0v) is 17.2. The van der Waals surface area contributed by atoms with E-state index in [1.807, 2.05) is 13.0 Å². The molecule has 0 fully saturated rings. The molecule has 2 amide bonds. The molecule has 0 radical (unpaired) electrons. The summed E-state index contributed by atoms with van der Waals surface area (Å²) in [5, 5.41) is 6.44. The molecular weight excluding hydrogens is 374 g/mol. The maximum absolute atomic E-state index is 12.3. The van der Waals surface area contributed by atoms with Crippen molar-refractivity contribution in [2.75, 3.05) is 18.5 Å². The normalized spacial score (nSPS) is 15.6. The van der Waals surface area contributed by atoms with Gasteiger partial charge < -0.3 is 15.4 Å². The number of nitrogens with one attached hydrogen (secondary N) is 2. The van der Waals surface area contributed by atoms with Crippen molar-refractivity contribution in [1.29, 1.82) is 0 Å². The Morgan fingerprint density at radius 3 is 2.96 bits per heavy atom. The van der Waals surface area contributed by atoms with E-state index in [0.29, 0.717) is 48.4 Å². The van der Waals surface area contributed by atoms with Crippen molar-refractivity contribution in [3.63, 3.8) is 0 Å².